The Balaban J connectivity index is 1.74. The van der Waals surface area contributed by atoms with Gasteiger partial charge in [-0.2, -0.15) is 0 Å². The quantitative estimate of drug-likeness (QED) is 0.807. The number of carbonyl (C=O) groups excluding carboxylic acids is 1. The molecule has 1 amide bonds. The fourth-order valence-electron chi connectivity index (χ4n) is 1.73. The minimum absolute atomic E-state index is 0.111. The Hall–Kier alpha value is -1.85. The van der Waals surface area contributed by atoms with Gasteiger partial charge < -0.3 is 10.4 Å². The molecule has 0 radical (unpaired) electrons. The van der Waals surface area contributed by atoms with Crippen molar-refractivity contribution in [2.24, 2.45) is 0 Å². The number of amides is 1. The van der Waals surface area contributed by atoms with Crippen molar-refractivity contribution in [1.82, 2.24) is 5.32 Å². The van der Waals surface area contributed by atoms with Gasteiger partial charge >= 0.3 is 0 Å². The monoisotopic (exact) mass is 305 g/mol. The fraction of sp³-hybridized carbons (Fsp3) is 0.188. The molecule has 0 aromatic heterocycles. The van der Waals surface area contributed by atoms with Gasteiger partial charge in [0.05, 0.1) is 11.9 Å². The van der Waals surface area contributed by atoms with Crippen LogP contribution in [0.4, 0.5) is 4.39 Å². The Morgan fingerprint density at radius 2 is 1.81 bits per heavy atom. The molecule has 2 aromatic carbocycles. The van der Waals surface area contributed by atoms with Crippen LogP contribution in [0.25, 0.3) is 0 Å². The van der Waals surface area contributed by atoms with Crippen LogP contribution in [0.15, 0.2) is 59.5 Å². The molecule has 3 nitrogen and oxygen atoms in total. The Morgan fingerprint density at radius 3 is 2.48 bits per heavy atom. The van der Waals surface area contributed by atoms with Crippen molar-refractivity contribution in [3.05, 3.63) is 66.0 Å². The van der Waals surface area contributed by atoms with E-state index in [2.05, 4.69) is 5.32 Å². The second-order valence-electron chi connectivity index (χ2n) is 4.47. The minimum Gasteiger partial charge on any atom is -0.387 e. The molecule has 0 spiro atoms. The zero-order valence-electron chi connectivity index (χ0n) is 11.3. The van der Waals surface area contributed by atoms with E-state index >= 15 is 0 Å². The van der Waals surface area contributed by atoms with Crippen LogP contribution in [-0.2, 0) is 4.79 Å². The predicted molar refractivity (Wildman–Crippen MR) is 81.5 cm³/mol. The number of carbonyl (C=O) groups is 1. The van der Waals surface area contributed by atoms with Gasteiger partial charge in [-0.25, -0.2) is 4.39 Å². The van der Waals surface area contributed by atoms with Gasteiger partial charge in [-0.15, -0.1) is 11.8 Å². The van der Waals surface area contributed by atoms with Gasteiger partial charge in [-0.1, -0.05) is 30.3 Å². The topological polar surface area (TPSA) is 49.3 Å². The van der Waals surface area contributed by atoms with Crippen LogP contribution in [0.5, 0.6) is 0 Å². The lowest BCUT2D eigenvalue weighted by Crippen LogP contribution is -2.29. The first-order valence-corrected chi connectivity index (χ1v) is 7.52. The van der Waals surface area contributed by atoms with E-state index in [1.54, 1.807) is 0 Å². The van der Waals surface area contributed by atoms with Crippen LogP contribution in [0, 0.1) is 5.82 Å². The number of rotatable bonds is 6. The van der Waals surface area contributed by atoms with Gasteiger partial charge in [0.1, 0.15) is 5.82 Å². The number of nitrogens with one attached hydrogen (secondary N) is 1. The number of hydrogen-bond acceptors (Lipinski definition) is 3. The summed E-state index contributed by atoms with van der Waals surface area (Å²) < 4.78 is 12.8. The maximum Gasteiger partial charge on any atom is 0.230 e. The molecule has 2 N–H and O–H groups in total. The zero-order valence-corrected chi connectivity index (χ0v) is 12.1. The average molecular weight is 305 g/mol. The molecule has 1 atom stereocenters. The lowest BCUT2D eigenvalue weighted by atomic mass is 10.1. The van der Waals surface area contributed by atoms with Crippen molar-refractivity contribution in [2.75, 3.05) is 12.3 Å². The molecule has 0 aliphatic carbocycles. The first-order valence-electron chi connectivity index (χ1n) is 6.53. The lowest BCUT2D eigenvalue weighted by molar-refractivity contribution is -0.119. The summed E-state index contributed by atoms with van der Waals surface area (Å²) in [5.41, 5.74) is 0.576. The van der Waals surface area contributed by atoms with E-state index in [0.717, 1.165) is 4.90 Å². The normalized spacial score (nSPS) is 11.9. The van der Waals surface area contributed by atoms with E-state index in [4.69, 9.17) is 0 Å². The van der Waals surface area contributed by atoms with Crippen molar-refractivity contribution in [2.45, 2.75) is 11.0 Å². The third-order valence-corrected chi connectivity index (χ3v) is 3.87. The molecule has 0 saturated heterocycles. The summed E-state index contributed by atoms with van der Waals surface area (Å²) in [7, 11) is 0. The van der Waals surface area contributed by atoms with E-state index in [-0.39, 0.29) is 18.3 Å². The number of halogens is 1. The smallest absolute Gasteiger partial charge is 0.230 e. The standard InChI is InChI=1S/C16H16FNO2S/c17-13-8-6-12(7-9-13)15(19)10-18-16(20)11-21-14-4-2-1-3-5-14/h1-9,15,19H,10-11H2,(H,18,20)/t15-/m0/s1. The van der Waals surface area contributed by atoms with Crippen molar-refractivity contribution in [3.8, 4) is 0 Å². The van der Waals surface area contributed by atoms with Gasteiger partial charge in [-0.05, 0) is 29.8 Å². The molecule has 5 heteroatoms. The highest BCUT2D eigenvalue weighted by molar-refractivity contribution is 8.00. The molecule has 2 rings (SSSR count). The predicted octanol–water partition coefficient (Wildman–Crippen LogP) is 2.77. The highest BCUT2D eigenvalue weighted by Crippen LogP contribution is 2.16. The molecule has 0 saturated carbocycles. The number of benzene rings is 2. The molecule has 0 unspecified atom stereocenters. The summed E-state index contributed by atoms with van der Waals surface area (Å²) in [5.74, 6) is -0.209. The van der Waals surface area contributed by atoms with Crippen molar-refractivity contribution < 1.29 is 14.3 Å². The third kappa shape index (κ3) is 5.21. The molecule has 0 aliphatic heterocycles. The van der Waals surface area contributed by atoms with Crippen LogP contribution < -0.4 is 5.32 Å². The molecule has 110 valence electrons. The first-order chi connectivity index (χ1) is 10.1. The molecule has 0 heterocycles. The summed E-state index contributed by atoms with van der Waals surface area (Å²) >= 11 is 1.43. The first kappa shape index (κ1) is 15.5. The molecular formula is C16H16FNO2S. The number of aliphatic hydroxyl groups is 1. The van der Waals surface area contributed by atoms with Gasteiger partial charge in [0.25, 0.3) is 0 Å². The van der Waals surface area contributed by atoms with Crippen LogP contribution in [0.1, 0.15) is 11.7 Å². The summed E-state index contributed by atoms with van der Waals surface area (Å²) in [4.78, 5) is 12.7. The average Bonchev–Trinajstić information content (AvgIpc) is 2.52. The second kappa shape index (κ2) is 7.81. The Kier molecular flexibility index (Phi) is 5.78. The number of thioether (sulfide) groups is 1. The highest BCUT2D eigenvalue weighted by Gasteiger charge is 2.09. The molecule has 21 heavy (non-hydrogen) atoms. The van der Waals surface area contributed by atoms with Crippen molar-refractivity contribution in [1.29, 1.82) is 0 Å². The maximum absolute atomic E-state index is 12.8. The highest BCUT2D eigenvalue weighted by atomic mass is 32.2. The zero-order chi connectivity index (χ0) is 15.1. The number of aliphatic hydroxyl groups excluding tert-OH is 1. The van der Waals surface area contributed by atoms with Crippen LogP contribution in [0.2, 0.25) is 0 Å². The van der Waals surface area contributed by atoms with Crippen LogP contribution in [0.3, 0.4) is 0 Å². The minimum atomic E-state index is -0.837. The Labute approximate surface area is 127 Å². The van der Waals surface area contributed by atoms with Crippen molar-refractivity contribution in [3.63, 3.8) is 0 Å². The van der Waals surface area contributed by atoms with Gasteiger partial charge in [0.15, 0.2) is 0 Å². The summed E-state index contributed by atoms with van der Waals surface area (Å²) in [5, 5.41) is 12.6. The van der Waals surface area contributed by atoms with E-state index in [9.17, 15) is 14.3 Å². The van der Waals surface area contributed by atoms with E-state index in [1.165, 1.54) is 36.0 Å². The summed E-state index contributed by atoms with van der Waals surface area (Å²) in [6.45, 7) is 0.111. The molecule has 0 bridgehead atoms. The third-order valence-electron chi connectivity index (χ3n) is 2.86. The lowest BCUT2D eigenvalue weighted by Gasteiger charge is -2.12. The van der Waals surface area contributed by atoms with Gasteiger partial charge in [-0.3, -0.25) is 4.79 Å². The summed E-state index contributed by atoms with van der Waals surface area (Å²) in [6, 6.07) is 15.2. The Morgan fingerprint density at radius 1 is 1.14 bits per heavy atom. The number of hydrogen-bond donors (Lipinski definition) is 2. The largest absolute Gasteiger partial charge is 0.387 e. The maximum atomic E-state index is 12.8. The second-order valence-corrected chi connectivity index (χ2v) is 5.52. The Bertz CT molecular complexity index is 575. The van der Waals surface area contributed by atoms with Gasteiger partial charge in [0, 0.05) is 11.4 Å². The van der Waals surface area contributed by atoms with E-state index < -0.39 is 6.10 Å². The van der Waals surface area contributed by atoms with Crippen molar-refractivity contribution >= 4 is 17.7 Å². The molecular weight excluding hydrogens is 289 g/mol. The van der Waals surface area contributed by atoms with E-state index in [1.807, 2.05) is 30.3 Å². The molecule has 0 aliphatic rings. The fourth-order valence-corrected chi connectivity index (χ4v) is 2.48. The molecule has 0 fully saturated rings. The van der Waals surface area contributed by atoms with Crippen LogP contribution in [-0.4, -0.2) is 23.3 Å². The van der Waals surface area contributed by atoms with Gasteiger partial charge in [0.2, 0.25) is 5.91 Å². The van der Waals surface area contributed by atoms with Crippen LogP contribution >= 0.6 is 11.8 Å². The summed E-state index contributed by atoms with van der Waals surface area (Å²) in [6.07, 6.45) is -0.837. The molecule has 2 aromatic rings. The van der Waals surface area contributed by atoms with E-state index in [0.29, 0.717) is 11.3 Å². The SMILES string of the molecule is O=C(CSc1ccccc1)NC[C@H](O)c1ccc(F)cc1.